The average molecular weight is 505 g/mol. The maximum atomic E-state index is 16.6. The maximum absolute atomic E-state index is 16.6. The van der Waals surface area contributed by atoms with Gasteiger partial charge in [0.1, 0.15) is 11.6 Å². The number of rotatable bonds is 6. The summed E-state index contributed by atoms with van der Waals surface area (Å²) in [6.07, 6.45) is 2.82. The average Bonchev–Trinajstić information content (AvgIpc) is 3.12. The molecule has 1 heterocycles. The molecule has 1 spiro atoms. The van der Waals surface area contributed by atoms with Gasteiger partial charge >= 0.3 is 0 Å². The number of carbonyl (C=O) groups excluding carboxylic acids is 1. The Morgan fingerprint density at radius 3 is 2.61 bits per heavy atom. The first-order valence-corrected chi connectivity index (χ1v) is 12.8. The van der Waals surface area contributed by atoms with E-state index in [1.165, 1.54) is 0 Å². The van der Waals surface area contributed by atoms with Crippen LogP contribution in [0.4, 0.5) is 4.39 Å². The lowest BCUT2D eigenvalue weighted by molar-refractivity contribution is -0.130. The topological polar surface area (TPSA) is 75.3 Å². The molecule has 0 atom stereocenters. The highest BCUT2D eigenvalue weighted by Crippen LogP contribution is 2.57. The number of hydrogen-bond donors (Lipinski definition) is 3. The normalized spacial score (nSPS) is 21.2. The molecule has 1 saturated carbocycles. The van der Waals surface area contributed by atoms with Crippen molar-refractivity contribution in [2.75, 3.05) is 0 Å². The second-order valence-corrected chi connectivity index (χ2v) is 10.4. The van der Waals surface area contributed by atoms with E-state index in [0.29, 0.717) is 54.5 Å². The Bertz CT molecular complexity index is 1450. The van der Waals surface area contributed by atoms with Gasteiger partial charge in [0.05, 0.1) is 10.4 Å². The monoisotopic (exact) mass is 504 g/mol. The van der Waals surface area contributed by atoms with Gasteiger partial charge in [0.2, 0.25) is 5.91 Å². The molecule has 3 aromatic carbocycles. The number of hydrogen-bond acceptors (Lipinski definition) is 3. The number of phenolic OH excluding ortho intramolecular Hbond substituents is 1. The predicted molar refractivity (Wildman–Crippen MR) is 144 cm³/mol. The van der Waals surface area contributed by atoms with Gasteiger partial charge in [-0.15, -0.1) is 0 Å². The third-order valence-electron chi connectivity index (χ3n) is 7.61. The van der Waals surface area contributed by atoms with Crippen LogP contribution in [0.15, 0.2) is 60.3 Å². The van der Waals surface area contributed by atoms with Crippen LogP contribution in [0.3, 0.4) is 0 Å². The van der Waals surface area contributed by atoms with Crippen molar-refractivity contribution >= 4 is 33.9 Å². The molecule has 0 unspecified atom stereocenters. The van der Waals surface area contributed by atoms with E-state index in [9.17, 15) is 9.90 Å². The lowest BCUT2D eigenvalue weighted by Crippen LogP contribution is -2.51. The first-order chi connectivity index (χ1) is 17.2. The Morgan fingerprint density at radius 2 is 1.94 bits per heavy atom. The van der Waals surface area contributed by atoms with E-state index in [-0.39, 0.29) is 28.3 Å². The zero-order chi connectivity index (χ0) is 25.8. The highest BCUT2D eigenvalue weighted by Gasteiger charge is 2.57. The first-order valence-electron chi connectivity index (χ1n) is 12.4. The number of amides is 1. The number of aromatic hydroxyl groups is 1. The van der Waals surface area contributed by atoms with E-state index < -0.39 is 11.2 Å². The van der Waals surface area contributed by atoms with Gasteiger partial charge in [0.15, 0.2) is 0 Å². The lowest BCUT2D eigenvalue weighted by Gasteiger charge is -2.43. The molecular formula is C30H30ClFN2O2. The molecule has 6 heteroatoms. The molecule has 1 amide bonds. The lowest BCUT2D eigenvalue weighted by atomic mass is 9.59. The molecule has 0 bridgehead atoms. The fourth-order valence-corrected chi connectivity index (χ4v) is 6.13. The highest BCUT2D eigenvalue weighted by atomic mass is 35.5. The summed E-state index contributed by atoms with van der Waals surface area (Å²) >= 11 is 6.86. The zero-order valence-corrected chi connectivity index (χ0v) is 21.3. The standard InChI is InChI=1S/C30H30ClFN2O2/c1-4-8-21-23(26-28(16(3)5-2)34-29(36)30(26)14-18(33)15-30)13-24(31)25(27(21)32)22-12-19(35)11-17-9-6-7-10-20(17)22/h6-7,9-13,18,35H,3-5,8,14-15,33H2,1-2H3,(H,34,36). The van der Waals surface area contributed by atoms with E-state index >= 15 is 4.39 Å². The van der Waals surface area contributed by atoms with Gasteiger partial charge in [-0.25, -0.2) is 4.39 Å². The van der Waals surface area contributed by atoms with Crippen molar-refractivity contribution in [2.45, 2.75) is 52.0 Å². The third-order valence-corrected chi connectivity index (χ3v) is 7.91. The first kappa shape index (κ1) is 24.5. The van der Waals surface area contributed by atoms with Crippen LogP contribution in [0.2, 0.25) is 5.02 Å². The van der Waals surface area contributed by atoms with Gasteiger partial charge in [-0.1, -0.05) is 62.7 Å². The Labute approximate surface area is 215 Å². The predicted octanol–water partition coefficient (Wildman–Crippen LogP) is 6.87. The van der Waals surface area contributed by atoms with Crippen LogP contribution in [0.25, 0.3) is 27.5 Å². The van der Waals surface area contributed by atoms with Crippen molar-refractivity contribution in [3.63, 3.8) is 0 Å². The number of halogens is 2. The summed E-state index contributed by atoms with van der Waals surface area (Å²) in [6.45, 7) is 8.15. The second kappa shape index (κ2) is 9.06. The van der Waals surface area contributed by atoms with Crippen LogP contribution in [0.1, 0.15) is 50.7 Å². The van der Waals surface area contributed by atoms with Gasteiger partial charge in [0.25, 0.3) is 0 Å². The summed E-state index contributed by atoms with van der Waals surface area (Å²) in [5, 5.41) is 15.3. The van der Waals surface area contributed by atoms with Gasteiger partial charge in [-0.3, -0.25) is 4.79 Å². The molecule has 1 aliphatic carbocycles. The second-order valence-electron chi connectivity index (χ2n) is 9.95. The Balaban J connectivity index is 1.81. The summed E-state index contributed by atoms with van der Waals surface area (Å²) in [6, 6.07) is 12.4. The molecule has 0 aromatic heterocycles. The quantitative estimate of drug-likeness (QED) is 0.343. The van der Waals surface area contributed by atoms with Crippen molar-refractivity contribution in [2.24, 2.45) is 11.1 Å². The molecular weight excluding hydrogens is 475 g/mol. The van der Waals surface area contributed by atoms with Gasteiger partial charge < -0.3 is 16.2 Å². The zero-order valence-electron chi connectivity index (χ0n) is 20.6. The SMILES string of the molecule is C=C(CC)C1=C(c2cc(Cl)c(-c3cc(O)cc4ccccc34)c(F)c2CCC)C2(CC(N)C2)C(=O)N1. The molecule has 0 radical (unpaired) electrons. The van der Waals surface area contributed by atoms with Gasteiger partial charge in [0, 0.05) is 17.3 Å². The van der Waals surface area contributed by atoms with E-state index in [1.807, 2.05) is 38.1 Å². The van der Waals surface area contributed by atoms with Crippen LogP contribution >= 0.6 is 11.6 Å². The number of allylic oxidation sites excluding steroid dienone is 1. The van der Waals surface area contributed by atoms with Crippen LogP contribution in [-0.2, 0) is 11.2 Å². The Kier molecular flexibility index (Phi) is 6.17. The summed E-state index contributed by atoms with van der Waals surface area (Å²) in [5.41, 5.74) is 9.52. The van der Waals surface area contributed by atoms with Crippen LogP contribution in [0, 0.1) is 11.2 Å². The summed E-state index contributed by atoms with van der Waals surface area (Å²) in [4.78, 5) is 13.2. The number of phenols is 1. The summed E-state index contributed by atoms with van der Waals surface area (Å²) < 4.78 is 16.6. The molecule has 36 heavy (non-hydrogen) atoms. The number of fused-ring (bicyclic) bond motifs is 1. The molecule has 4 nitrogen and oxygen atoms in total. The van der Waals surface area contributed by atoms with Crippen molar-refractivity contribution in [3.8, 4) is 16.9 Å². The minimum Gasteiger partial charge on any atom is -0.508 e. The number of benzene rings is 3. The van der Waals surface area contributed by atoms with Gasteiger partial charge in [-0.2, -0.15) is 0 Å². The molecule has 3 aromatic rings. The van der Waals surface area contributed by atoms with Crippen molar-refractivity contribution in [1.82, 2.24) is 5.32 Å². The van der Waals surface area contributed by atoms with E-state index in [4.69, 9.17) is 17.3 Å². The molecule has 0 saturated heterocycles. The van der Waals surface area contributed by atoms with Gasteiger partial charge in [-0.05, 0) is 82.5 Å². The molecule has 4 N–H and O–H groups in total. The number of nitrogens with one attached hydrogen (secondary N) is 1. The largest absolute Gasteiger partial charge is 0.508 e. The Hall–Kier alpha value is -3.15. The van der Waals surface area contributed by atoms with E-state index in [0.717, 1.165) is 21.9 Å². The Morgan fingerprint density at radius 1 is 1.22 bits per heavy atom. The number of carbonyl (C=O) groups is 1. The smallest absolute Gasteiger partial charge is 0.235 e. The van der Waals surface area contributed by atoms with Crippen LogP contribution in [-0.4, -0.2) is 17.1 Å². The fourth-order valence-electron chi connectivity index (χ4n) is 5.83. The van der Waals surface area contributed by atoms with Crippen molar-refractivity contribution < 1.29 is 14.3 Å². The maximum Gasteiger partial charge on any atom is 0.235 e. The molecule has 186 valence electrons. The fraction of sp³-hybridized carbons (Fsp3) is 0.300. The minimum atomic E-state index is -0.801. The molecule has 1 fully saturated rings. The highest BCUT2D eigenvalue weighted by molar-refractivity contribution is 6.34. The van der Waals surface area contributed by atoms with Crippen molar-refractivity contribution in [3.05, 3.63) is 82.3 Å². The van der Waals surface area contributed by atoms with Crippen LogP contribution in [0.5, 0.6) is 5.75 Å². The van der Waals surface area contributed by atoms with E-state index in [1.54, 1.807) is 18.2 Å². The van der Waals surface area contributed by atoms with Crippen LogP contribution < -0.4 is 11.1 Å². The van der Waals surface area contributed by atoms with E-state index in [2.05, 4.69) is 11.9 Å². The molecule has 1 aliphatic heterocycles. The molecule has 5 rings (SSSR count). The summed E-state index contributed by atoms with van der Waals surface area (Å²) in [5.74, 6) is -0.495. The minimum absolute atomic E-state index is 0.0394. The number of nitrogens with two attached hydrogens (primary N) is 1. The third kappa shape index (κ3) is 3.64. The molecule has 2 aliphatic rings. The summed E-state index contributed by atoms with van der Waals surface area (Å²) in [7, 11) is 0. The van der Waals surface area contributed by atoms with Crippen molar-refractivity contribution in [1.29, 1.82) is 0 Å².